The lowest BCUT2D eigenvalue weighted by Gasteiger charge is -2.17. The standard InChI is InChI=1S/C19H17Cl2NO3/c1-25-19(24)12-17(14-5-3-2-4-6-14)22-18(23)10-8-13-7-9-15(20)16(21)11-13/h2-11,17H,12H2,1H3,(H,22,23). The van der Waals surface area contributed by atoms with E-state index in [1.54, 1.807) is 24.3 Å². The first-order chi connectivity index (χ1) is 12.0. The SMILES string of the molecule is COC(=O)CC(NC(=O)C=Cc1ccc(Cl)c(Cl)c1)c1ccccc1. The zero-order chi connectivity index (χ0) is 18.2. The predicted octanol–water partition coefficient (Wildman–Crippen LogP) is 4.43. The summed E-state index contributed by atoms with van der Waals surface area (Å²) in [7, 11) is 1.32. The van der Waals surface area contributed by atoms with Gasteiger partial charge in [0.1, 0.15) is 0 Å². The second-order valence-electron chi connectivity index (χ2n) is 5.26. The summed E-state index contributed by atoms with van der Waals surface area (Å²) < 4.78 is 4.70. The summed E-state index contributed by atoms with van der Waals surface area (Å²) in [5.74, 6) is -0.730. The Morgan fingerprint density at radius 2 is 1.84 bits per heavy atom. The van der Waals surface area contributed by atoms with Crippen molar-refractivity contribution in [3.8, 4) is 0 Å². The van der Waals surface area contributed by atoms with E-state index in [2.05, 4.69) is 5.32 Å². The van der Waals surface area contributed by atoms with Crippen molar-refractivity contribution >= 4 is 41.2 Å². The number of benzene rings is 2. The fraction of sp³-hybridized carbons (Fsp3) is 0.158. The van der Waals surface area contributed by atoms with Gasteiger partial charge in [-0.1, -0.05) is 59.6 Å². The number of ether oxygens (including phenoxy) is 1. The van der Waals surface area contributed by atoms with E-state index in [4.69, 9.17) is 27.9 Å². The molecule has 2 aromatic rings. The first-order valence-corrected chi connectivity index (χ1v) is 8.30. The van der Waals surface area contributed by atoms with Crippen LogP contribution in [0.5, 0.6) is 0 Å². The molecule has 2 aromatic carbocycles. The van der Waals surface area contributed by atoms with Crippen molar-refractivity contribution in [3.05, 3.63) is 75.8 Å². The van der Waals surface area contributed by atoms with Gasteiger partial charge in [0.05, 0.1) is 29.6 Å². The summed E-state index contributed by atoms with van der Waals surface area (Å²) in [5, 5.41) is 3.67. The number of hydrogen-bond donors (Lipinski definition) is 1. The van der Waals surface area contributed by atoms with Gasteiger partial charge >= 0.3 is 5.97 Å². The molecule has 0 aliphatic carbocycles. The third kappa shape index (κ3) is 5.93. The third-order valence-electron chi connectivity index (χ3n) is 3.49. The molecular formula is C19H17Cl2NO3. The van der Waals surface area contributed by atoms with Gasteiger partial charge in [0, 0.05) is 6.08 Å². The number of esters is 1. The monoisotopic (exact) mass is 377 g/mol. The Morgan fingerprint density at radius 3 is 2.48 bits per heavy atom. The molecule has 0 spiro atoms. The van der Waals surface area contributed by atoms with Gasteiger partial charge in [0.25, 0.3) is 0 Å². The summed E-state index contributed by atoms with van der Waals surface area (Å²) in [6.07, 6.45) is 3.05. The number of methoxy groups -OCH3 is 1. The van der Waals surface area contributed by atoms with Crippen LogP contribution in [0.25, 0.3) is 6.08 Å². The normalized spacial score (nSPS) is 12.0. The second-order valence-corrected chi connectivity index (χ2v) is 6.07. The average molecular weight is 378 g/mol. The molecule has 1 amide bonds. The van der Waals surface area contributed by atoms with Crippen molar-refractivity contribution in [1.29, 1.82) is 0 Å². The smallest absolute Gasteiger partial charge is 0.307 e. The number of carbonyl (C=O) groups is 2. The van der Waals surface area contributed by atoms with Gasteiger partial charge in [-0.3, -0.25) is 9.59 Å². The molecule has 1 N–H and O–H groups in total. The van der Waals surface area contributed by atoms with Gasteiger partial charge in [-0.25, -0.2) is 0 Å². The van der Waals surface area contributed by atoms with E-state index >= 15 is 0 Å². The fourth-order valence-corrected chi connectivity index (χ4v) is 2.50. The molecule has 0 saturated carbocycles. The van der Waals surface area contributed by atoms with Crippen LogP contribution in [0.3, 0.4) is 0 Å². The van der Waals surface area contributed by atoms with Crippen LogP contribution in [-0.2, 0) is 14.3 Å². The van der Waals surface area contributed by atoms with E-state index < -0.39 is 12.0 Å². The molecule has 0 aliphatic rings. The van der Waals surface area contributed by atoms with E-state index in [0.29, 0.717) is 10.0 Å². The van der Waals surface area contributed by atoms with Crippen LogP contribution in [-0.4, -0.2) is 19.0 Å². The van der Waals surface area contributed by atoms with E-state index in [-0.39, 0.29) is 12.3 Å². The van der Waals surface area contributed by atoms with Crippen molar-refractivity contribution in [1.82, 2.24) is 5.32 Å². The van der Waals surface area contributed by atoms with Crippen LogP contribution < -0.4 is 5.32 Å². The van der Waals surface area contributed by atoms with Gasteiger partial charge in [-0.2, -0.15) is 0 Å². The highest BCUT2D eigenvalue weighted by atomic mass is 35.5. The van der Waals surface area contributed by atoms with Gasteiger partial charge in [-0.15, -0.1) is 0 Å². The van der Waals surface area contributed by atoms with Gasteiger partial charge in [0.15, 0.2) is 0 Å². The van der Waals surface area contributed by atoms with Crippen molar-refractivity contribution in [2.24, 2.45) is 0 Å². The molecule has 0 aliphatic heterocycles. The Kier molecular flexibility index (Phi) is 7.04. The molecule has 0 bridgehead atoms. The summed E-state index contributed by atoms with van der Waals surface area (Å²) in [4.78, 5) is 23.8. The fourth-order valence-electron chi connectivity index (χ4n) is 2.20. The number of rotatable bonds is 6. The lowest BCUT2D eigenvalue weighted by molar-refractivity contribution is -0.141. The number of halogens is 2. The summed E-state index contributed by atoms with van der Waals surface area (Å²) in [5.41, 5.74) is 1.57. The van der Waals surface area contributed by atoms with Crippen LogP contribution in [0.4, 0.5) is 0 Å². The van der Waals surface area contributed by atoms with Crippen molar-refractivity contribution in [2.75, 3.05) is 7.11 Å². The lowest BCUT2D eigenvalue weighted by atomic mass is 10.0. The summed E-state index contributed by atoms with van der Waals surface area (Å²) in [6.45, 7) is 0. The van der Waals surface area contributed by atoms with E-state index in [1.165, 1.54) is 13.2 Å². The third-order valence-corrected chi connectivity index (χ3v) is 4.23. The van der Waals surface area contributed by atoms with E-state index in [9.17, 15) is 9.59 Å². The first kappa shape index (κ1) is 19.0. The Balaban J connectivity index is 2.09. The second kappa shape index (κ2) is 9.25. The lowest BCUT2D eigenvalue weighted by Crippen LogP contribution is -2.29. The highest BCUT2D eigenvalue weighted by Crippen LogP contribution is 2.23. The van der Waals surface area contributed by atoms with Crippen molar-refractivity contribution in [3.63, 3.8) is 0 Å². The Morgan fingerprint density at radius 1 is 1.12 bits per heavy atom. The largest absolute Gasteiger partial charge is 0.469 e. The highest BCUT2D eigenvalue weighted by molar-refractivity contribution is 6.42. The predicted molar refractivity (Wildman–Crippen MR) is 99.5 cm³/mol. The van der Waals surface area contributed by atoms with Gasteiger partial charge in [0.2, 0.25) is 5.91 Å². The first-order valence-electron chi connectivity index (χ1n) is 7.55. The number of hydrogen-bond acceptors (Lipinski definition) is 3. The maximum absolute atomic E-state index is 12.2. The topological polar surface area (TPSA) is 55.4 Å². The minimum atomic E-state index is -0.473. The quantitative estimate of drug-likeness (QED) is 0.598. The van der Waals surface area contributed by atoms with Crippen molar-refractivity contribution in [2.45, 2.75) is 12.5 Å². The number of amides is 1. The summed E-state index contributed by atoms with van der Waals surface area (Å²) in [6, 6.07) is 13.8. The molecule has 25 heavy (non-hydrogen) atoms. The van der Waals surface area contributed by atoms with Crippen LogP contribution in [0.2, 0.25) is 10.0 Å². The van der Waals surface area contributed by atoms with Gasteiger partial charge in [-0.05, 0) is 29.3 Å². The van der Waals surface area contributed by atoms with Crippen LogP contribution >= 0.6 is 23.2 Å². The van der Waals surface area contributed by atoms with E-state index in [0.717, 1.165) is 11.1 Å². The highest BCUT2D eigenvalue weighted by Gasteiger charge is 2.17. The molecule has 1 atom stereocenters. The molecule has 2 rings (SSSR count). The van der Waals surface area contributed by atoms with Crippen molar-refractivity contribution < 1.29 is 14.3 Å². The molecule has 4 nitrogen and oxygen atoms in total. The molecule has 6 heteroatoms. The molecule has 130 valence electrons. The Hall–Kier alpha value is -2.30. The molecule has 0 aromatic heterocycles. The number of carbonyl (C=O) groups excluding carboxylic acids is 2. The minimum absolute atomic E-state index is 0.0485. The molecule has 0 fully saturated rings. The Bertz CT molecular complexity index is 775. The zero-order valence-corrected chi connectivity index (χ0v) is 15.1. The van der Waals surface area contributed by atoms with Gasteiger partial charge < -0.3 is 10.1 Å². The van der Waals surface area contributed by atoms with Crippen LogP contribution in [0.1, 0.15) is 23.6 Å². The Labute approximate surface area is 156 Å². The zero-order valence-electron chi connectivity index (χ0n) is 13.5. The van der Waals surface area contributed by atoms with E-state index in [1.807, 2.05) is 30.3 Å². The molecule has 0 heterocycles. The maximum atomic E-state index is 12.2. The van der Waals surface area contributed by atoms with Crippen LogP contribution in [0, 0.1) is 0 Å². The summed E-state index contributed by atoms with van der Waals surface area (Å²) >= 11 is 11.8. The molecular weight excluding hydrogens is 361 g/mol. The minimum Gasteiger partial charge on any atom is -0.469 e. The molecule has 0 radical (unpaired) electrons. The average Bonchev–Trinajstić information content (AvgIpc) is 2.62. The van der Waals surface area contributed by atoms with Crippen LogP contribution in [0.15, 0.2) is 54.6 Å². The maximum Gasteiger partial charge on any atom is 0.307 e. The molecule has 0 saturated heterocycles. The molecule has 1 unspecified atom stereocenters. The number of nitrogens with one attached hydrogen (secondary N) is 1.